The van der Waals surface area contributed by atoms with E-state index in [1.54, 1.807) is 19.1 Å². The number of fused-ring (bicyclic) bond motifs is 1. The van der Waals surface area contributed by atoms with Gasteiger partial charge >= 0.3 is 5.97 Å². The molecule has 2 atom stereocenters. The summed E-state index contributed by atoms with van der Waals surface area (Å²) >= 11 is 0. The van der Waals surface area contributed by atoms with Gasteiger partial charge in [-0.05, 0) is 43.7 Å². The topological polar surface area (TPSA) is 44.8 Å². The molecule has 0 radical (unpaired) electrons. The summed E-state index contributed by atoms with van der Waals surface area (Å²) in [5.74, 6) is 5.98. The molecule has 2 aliphatic rings. The van der Waals surface area contributed by atoms with Crippen LogP contribution in [0.5, 0.6) is 0 Å². The third-order valence-corrected chi connectivity index (χ3v) is 4.10. The van der Waals surface area contributed by atoms with Crippen molar-refractivity contribution in [1.82, 2.24) is 0 Å². The van der Waals surface area contributed by atoms with Crippen LogP contribution in [0.1, 0.15) is 35.7 Å². The van der Waals surface area contributed by atoms with Gasteiger partial charge in [0.2, 0.25) is 0 Å². The van der Waals surface area contributed by atoms with Gasteiger partial charge in [0.1, 0.15) is 18.5 Å². The number of rotatable bonds is 4. The van der Waals surface area contributed by atoms with Crippen LogP contribution in [0.4, 0.5) is 0 Å². The number of esters is 1. The number of hydrogen-bond acceptors (Lipinski definition) is 4. The standard InChI is InChI=1S/C20H20O4/c1-2-22-19(21)17-11-9-16(10-12-17)7-3-5-13-20-14-6-4-8-18(20)23-15-24-20/h4,6,8-12,14,18H,2,5,13,15H2,1H3. The van der Waals surface area contributed by atoms with Crippen LogP contribution < -0.4 is 0 Å². The van der Waals surface area contributed by atoms with Crippen LogP contribution >= 0.6 is 0 Å². The van der Waals surface area contributed by atoms with Gasteiger partial charge in [0.25, 0.3) is 0 Å². The van der Waals surface area contributed by atoms with Crippen molar-refractivity contribution in [2.24, 2.45) is 0 Å². The predicted octanol–water partition coefficient (Wildman–Crippen LogP) is 3.23. The lowest BCUT2D eigenvalue weighted by atomic mass is 9.88. The molecule has 0 saturated carbocycles. The minimum absolute atomic E-state index is 0.0202. The average molecular weight is 324 g/mol. The van der Waals surface area contributed by atoms with Crippen molar-refractivity contribution in [2.45, 2.75) is 31.5 Å². The highest BCUT2D eigenvalue weighted by Crippen LogP contribution is 2.34. The maximum absolute atomic E-state index is 11.6. The number of allylic oxidation sites excluding steroid dienone is 2. The van der Waals surface area contributed by atoms with Gasteiger partial charge in [-0.25, -0.2) is 4.79 Å². The lowest BCUT2D eigenvalue weighted by Gasteiger charge is -2.28. The van der Waals surface area contributed by atoms with Gasteiger partial charge in [-0.1, -0.05) is 30.1 Å². The van der Waals surface area contributed by atoms with E-state index in [1.165, 1.54) is 0 Å². The molecule has 3 rings (SSSR count). The molecule has 0 spiro atoms. The van der Waals surface area contributed by atoms with Crippen molar-refractivity contribution in [3.63, 3.8) is 0 Å². The molecule has 1 aromatic carbocycles. The quantitative estimate of drug-likeness (QED) is 0.630. The molecule has 124 valence electrons. The van der Waals surface area contributed by atoms with Crippen molar-refractivity contribution in [2.75, 3.05) is 13.4 Å². The normalized spacial score (nSPS) is 24.1. The van der Waals surface area contributed by atoms with E-state index in [4.69, 9.17) is 14.2 Å². The maximum atomic E-state index is 11.6. The summed E-state index contributed by atoms with van der Waals surface area (Å²) in [5, 5.41) is 0. The fraction of sp³-hybridized carbons (Fsp3) is 0.350. The lowest BCUT2D eigenvalue weighted by molar-refractivity contribution is 0.0140. The molecule has 1 aliphatic heterocycles. The Kier molecular flexibility index (Phi) is 5.14. The molecule has 2 unspecified atom stereocenters. The lowest BCUT2D eigenvalue weighted by Crippen LogP contribution is -2.37. The molecule has 1 aliphatic carbocycles. The van der Waals surface area contributed by atoms with Gasteiger partial charge in [-0.2, -0.15) is 0 Å². The van der Waals surface area contributed by atoms with Gasteiger partial charge in [0.15, 0.2) is 0 Å². The van der Waals surface area contributed by atoms with Crippen LogP contribution in [-0.2, 0) is 14.2 Å². The highest BCUT2D eigenvalue weighted by atomic mass is 16.7. The molecule has 0 N–H and O–H groups in total. The smallest absolute Gasteiger partial charge is 0.338 e. The summed E-state index contributed by atoms with van der Waals surface area (Å²) in [6, 6.07) is 7.14. The zero-order valence-corrected chi connectivity index (χ0v) is 13.7. The zero-order valence-electron chi connectivity index (χ0n) is 13.7. The molecule has 0 aromatic heterocycles. The first-order valence-corrected chi connectivity index (χ1v) is 8.11. The third-order valence-electron chi connectivity index (χ3n) is 4.10. The monoisotopic (exact) mass is 324 g/mol. The Morgan fingerprint density at radius 2 is 2.17 bits per heavy atom. The van der Waals surface area contributed by atoms with Crippen LogP contribution in [0, 0.1) is 11.8 Å². The van der Waals surface area contributed by atoms with Gasteiger partial charge in [-0.3, -0.25) is 0 Å². The van der Waals surface area contributed by atoms with Crippen LogP contribution in [0.2, 0.25) is 0 Å². The molecular formula is C20H20O4. The molecule has 1 fully saturated rings. The highest BCUT2D eigenvalue weighted by molar-refractivity contribution is 5.89. The van der Waals surface area contributed by atoms with E-state index in [1.807, 2.05) is 30.4 Å². The molecule has 24 heavy (non-hydrogen) atoms. The number of ether oxygens (including phenoxy) is 3. The van der Waals surface area contributed by atoms with E-state index >= 15 is 0 Å². The molecule has 1 saturated heterocycles. The minimum atomic E-state index is -0.378. The summed E-state index contributed by atoms with van der Waals surface area (Å²) in [4.78, 5) is 11.6. The van der Waals surface area contributed by atoms with Gasteiger partial charge < -0.3 is 14.2 Å². The number of carbonyl (C=O) groups is 1. The van der Waals surface area contributed by atoms with Crippen molar-refractivity contribution >= 4 is 5.97 Å². The van der Waals surface area contributed by atoms with E-state index in [0.717, 1.165) is 12.0 Å². The second-order valence-electron chi connectivity index (χ2n) is 5.65. The minimum Gasteiger partial charge on any atom is -0.462 e. The Labute approximate surface area is 142 Å². The second-order valence-corrected chi connectivity index (χ2v) is 5.65. The Balaban J connectivity index is 1.57. The maximum Gasteiger partial charge on any atom is 0.338 e. The van der Waals surface area contributed by atoms with Crippen molar-refractivity contribution in [3.05, 3.63) is 59.7 Å². The predicted molar refractivity (Wildman–Crippen MR) is 90.3 cm³/mol. The Hall–Kier alpha value is -2.35. The van der Waals surface area contributed by atoms with Crippen LogP contribution in [0.3, 0.4) is 0 Å². The molecule has 1 heterocycles. The first-order valence-electron chi connectivity index (χ1n) is 8.11. The van der Waals surface area contributed by atoms with Crippen molar-refractivity contribution in [1.29, 1.82) is 0 Å². The van der Waals surface area contributed by atoms with E-state index in [2.05, 4.69) is 17.9 Å². The Bertz CT molecular complexity index is 705. The summed E-state index contributed by atoms with van der Waals surface area (Å²) in [6.07, 6.45) is 9.52. The summed E-state index contributed by atoms with van der Waals surface area (Å²) in [5.41, 5.74) is 1.04. The van der Waals surface area contributed by atoms with Crippen LogP contribution in [0.15, 0.2) is 48.6 Å². The van der Waals surface area contributed by atoms with Crippen LogP contribution in [-0.4, -0.2) is 31.1 Å². The fourth-order valence-corrected chi connectivity index (χ4v) is 2.81. The summed E-state index contributed by atoms with van der Waals surface area (Å²) in [6.45, 7) is 2.48. The number of carbonyl (C=O) groups excluding carboxylic acids is 1. The van der Waals surface area contributed by atoms with Gasteiger partial charge in [-0.15, -0.1) is 0 Å². The molecule has 1 aromatic rings. The second kappa shape index (κ2) is 7.48. The first kappa shape index (κ1) is 16.5. The Morgan fingerprint density at radius 3 is 2.96 bits per heavy atom. The van der Waals surface area contributed by atoms with Crippen molar-refractivity contribution in [3.8, 4) is 11.8 Å². The largest absolute Gasteiger partial charge is 0.462 e. The average Bonchev–Trinajstić information content (AvgIpc) is 3.03. The van der Waals surface area contributed by atoms with E-state index in [9.17, 15) is 4.79 Å². The fourth-order valence-electron chi connectivity index (χ4n) is 2.81. The summed E-state index contributed by atoms with van der Waals surface area (Å²) < 4.78 is 16.3. The van der Waals surface area contributed by atoms with Crippen LogP contribution in [0.25, 0.3) is 0 Å². The third kappa shape index (κ3) is 3.59. The number of benzene rings is 1. The Morgan fingerprint density at radius 1 is 1.33 bits per heavy atom. The van der Waals surface area contributed by atoms with E-state index in [0.29, 0.717) is 25.4 Å². The van der Waals surface area contributed by atoms with Gasteiger partial charge in [0.05, 0.1) is 12.2 Å². The SMILES string of the molecule is CCOC(=O)c1ccc(C#CCCC23C=CC=CC2OCO3)cc1. The summed E-state index contributed by atoms with van der Waals surface area (Å²) in [7, 11) is 0. The number of hydrogen-bond donors (Lipinski definition) is 0. The molecule has 4 heteroatoms. The van der Waals surface area contributed by atoms with Crippen molar-refractivity contribution < 1.29 is 19.0 Å². The van der Waals surface area contributed by atoms with E-state index < -0.39 is 0 Å². The highest BCUT2D eigenvalue weighted by Gasteiger charge is 2.42. The molecule has 0 amide bonds. The van der Waals surface area contributed by atoms with Gasteiger partial charge in [0, 0.05) is 12.0 Å². The first-order chi connectivity index (χ1) is 11.7. The van der Waals surface area contributed by atoms with E-state index in [-0.39, 0.29) is 17.7 Å². The molecular weight excluding hydrogens is 304 g/mol. The molecule has 4 nitrogen and oxygen atoms in total. The zero-order chi connectivity index (χ0) is 16.8. The molecule has 0 bridgehead atoms.